The van der Waals surface area contributed by atoms with E-state index in [-0.39, 0.29) is 55.6 Å². The van der Waals surface area contributed by atoms with Crippen molar-refractivity contribution in [2.45, 2.75) is 203 Å². The van der Waals surface area contributed by atoms with Gasteiger partial charge in [0.1, 0.15) is 90.4 Å². The van der Waals surface area contributed by atoms with Crippen LogP contribution in [0.4, 0.5) is 16.4 Å². The normalized spacial score (nSPS) is 26.1. The van der Waals surface area contributed by atoms with Gasteiger partial charge in [0.25, 0.3) is 0 Å². The summed E-state index contributed by atoms with van der Waals surface area (Å²) >= 11 is 0. The van der Waals surface area contributed by atoms with Gasteiger partial charge < -0.3 is 112 Å². The second-order valence-electron chi connectivity index (χ2n) is 35.4. The highest BCUT2D eigenvalue weighted by atomic mass is 31.2. The molecule has 33 nitrogen and oxygen atoms in total. The molecule has 0 radical (unpaired) electrons. The number of aromatic nitrogens is 4. The van der Waals surface area contributed by atoms with Gasteiger partial charge in [-0.15, -0.1) is 58.7 Å². The summed E-state index contributed by atoms with van der Waals surface area (Å²) in [6, 6.07) is 19.2. The first-order chi connectivity index (χ1) is 58.7. The summed E-state index contributed by atoms with van der Waals surface area (Å²) < 4.78 is 37.4. The van der Waals surface area contributed by atoms with Crippen LogP contribution in [0.1, 0.15) is 128 Å². The molecule has 2 aromatic heterocycles. The van der Waals surface area contributed by atoms with E-state index >= 15 is 0 Å². The van der Waals surface area contributed by atoms with Crippen LogP contribution in [0.25, 0.3) is 11.1 Å². The van der Waals surface area contributed by atoms with Crippen molar-refractivity contribution in [1.29, 1.82) is 0 Å². The Kier molecular flexibility index (Phi) is 39.1. The van der Waals surface area contributed by atoms with E-state index in [1.807, 2.05) is 36.4 Å². The monoisotopic (exact) mass is 1830 g/mol. The van der Waals surface area contributed by atoms with E-state index in [2.05, 4.69) is 146 Å². The van der Waals surface area contributed by atoms with Crippen LogP contribution in [0, 0.1) is 23.7 Å². The molecule has 0 amide bonds. The van der Waals surface area contributed by atoms with Crippen molar-refractivity contribution in [3.05, 3.63) is 144 Å². The number of nitrogens with zero attached hydrogens (tertiary/aromatic N) is 10. The third-order valence-corrected chi connectivity index (χ3v) is 28.0. The number of amidine groups is 2. The van der Waals surface area contributed by atoms with Crippen LogP contribution in [0.5, 0.6) is 0 Å². The van der Waals surface area contributed by atoms with Crippen molar-refractivity contribution in [2.75, 3.05) is 116 Å². The third kappa shape index (κ3) is 29.7. The average Bonchev–Trinajstić information content (AvgIpc) is 1.62. The second kappa shape index (κ2) is 47.0. The Morgan fingerprint density at radius 1 is 0.540 bits per heavy atom. The molecule has 18 N–H and O–H groups in total. The van der Waals surface area contributed by atoms with Crippen LogP contribution in [0.2, 0.25) is 0 Å². The summed E-state index contributed by atoms with van der Waals surface area (Å²) in [5, 5.41) is 102. The lowest BCUT2D eigenvalue weighted by Gasteiger charge is -2.32. The van der Waals surface area contributed by atoms with Gasteiger partial charge in [-0.25, -0.2) is 14.8 Å². The number of esters is 1. The van der Waals surface area contributed by atoms with E-state index in [1.165, 1.54) is 0 Å². The minimum atomic E-state index is -1.32. The first-order valence-corrected chi connectivity index (χ1v) is 54.3. The summed E-state index contributed by atoms with van der Waals surface area (Å²) in [4.78, 5) is 65.0. The lowest BCUT2D eigenvalue weighted by molar-refractivity contribution is -0.144. The zero-order valence-electron chi connectivity index (χ0n) is 73.9. The smallest absolute Gasteiger partial charge is 0.481 e. The maximum atomic E-state index is 12.6. The fourth-order valence-electron chi connectivity index (χ4n) is 14.8. The minimum Gasteiger partial charge on any atom is -0.481 e. The van der Waals surface area contributed by atoms with E-state index in [0.29, 0.717) is 112 Å². The number of carbonyl (C=O) groups excluding carboxylic acids is 2. The molecule has 37 heteroatoms. The van der Waals surface area contributed by atoms with Gasteiger partial charge in [-0.1, -0.05) is 102 Å². The number of carboxylic acid groups (broad SMARTS) is 1. The number of nitrogens with two attached hydrogens (primary N) is 4. The molecular weight excluding hydrogens is 1690 g/mol. The molecule has 6 aliphatic heterocycles. The summed E-state index contributed by atoms with van der Waals surface area (Å²) in [5.74, 6) is 4.96. The van der Waals surface area contributed by atoms with Crippen molar-refractivity contribution in [1.82, 2.24) is 28.9 Å². The Morgan fingerprint density at radius 3 is 1.30 bits per heavy atom. The highest BCUT2D eigenvalue weighted by Crippen LogP contribution is 2.47. The Hall–Kier alpha value is -8.05. The number of aliphatic hydroxyl groups is 9. The standard InChI is InChI=1S/C35H45N4O7P.C20H35N4O5P.C17H26N3O3P.C16H28N3O4P.CH4/c1-22(33(42)46-35(43)44-21-27-25-14-7-5-12-23(25)24-13-6-8-15-26(24)27)11-9-10-18-37-34-38-29(36)16-19-39(34)32-31(41)30(40)28(45-32)17-20-47(2,3)4;1-13(19(27)28)7-5-6-10-22-20-23-15(21)8-11-24(20)18-17(26)16(25)14(29-18)9-12-30(2,3)4;1-6-7-12-10-20(11(2)19-16(12)18)17-15(22)14(21)13(23-17)8-9-24(3,4)5;1-10-18-15(17)11(5-7-20)9-19(10)16-14(22)13(21)12(23-16)6-8-24(2,3)4;/h5-8,12-16,19,22,27-28,30-32,40-41H,2,9-11,17-18,20-21H2,1,3-4H3,(H2,36,37,38);8,11,13-14,16-18,25-26H,2,5-7,9-10,12H2,1,3-4H3,(H,27,28)(H2,21,22,23);10,13-15,17,21-22H,2-3,8-9H2,1,4-5H3,(H2,18,19);9,12-14,16,20-22H,1-2,5-8H2,3-4H3,(H2,17,18);1H4/t22?,28-,30-,31-,32-;13?,14-,16-,17-,18-;13-,14-,15-,17-;12-,13-,14-,16-;/m1111./s1. The molecule has 4 fully saturated rings. The van der Waals surface area contributed by atoms with Gasteiger partial charge in [-0.05, 0) is 171 Å². The van der Waals surface area contributed by atoms with Crippen molar-refractivity contribution in [3.8, 4) is 23.0 Å². The third-order valence-electron chi connectivity index (χ3n) is 22.1. The summed E-state index contributed by atoms with van der Waals surface area (Å²) in [5.41, 5.74) is 29.5. The average molecular weight is 1830 g/mol. The molecule has 7 aliphatic rings. The van der Waals surface area contributed by atoms with Gasteiger partial charge in [-0.2, -0.15) is 9.97 Å². The molecule has 8 heterocycles. The van der Waals surface area contributed by atoms with Crippen molar-refractivity contribution < 1.29 is 93.9 Å². The van der Waals surface area contributed by atoms with E-state index < -0.39 is 150 Å². The lowest BCUT2D eigenvalue weighted by Crippen LogP contribution is -2.42. The Balaban J connectivity index is 0.000000241. The van der Waals surface area contributed by atoms with Crippen LogP contribution < -0.4 is 34.2 Å². The number of fused-ring (bicyclic) bond motifs is 3. The number of nitrogen functional groups attached to an aromatic ring is 2. The van der Waals surface area contributed by atoms with Crippen molar-refractivity contribution in [2.24, 2.45) is 43.3 Å². The van der Waals surface area contributed by atoms with Crippen molar-refractivity contribution >= 4 is 94.1 Å². The van der Waals surface area contributed by atoms with Crippen LogP contribution in [0.15, 0.2) is 141 Å². The highest BCUT2D eigenvalue weighted by molar-refractivity contribution is 7.73. The number of hydrogen-bond acceptors (Lipinski definition) is 30. The molecule has 0 saturated carbocycles. The fourth-order valence-corrected chi connectivity index (χ4v) is 18.6. The van der Waals surface area contributed by atoms with E-state index in [4.69, 9.17) is 61.6 Å². The molecule has 18 atom stereocenters. The Labute approximate surface area is 741 Å². The van der Waals surface area contributed by atoms with Gasteiger partial charge in [-0.3, -0.25) is 28.7 Å². The predicted molar refractivity (Wildman–Crippen MR) is 507 cm³/mol. The number of aliphatic imine (C=N–C) groups is 2. The maximum Gasteiger partial charge on any atom is 0.516 e. The fraction of sp³-hybridized carbons (Fsp3) is 0.562. The summed E-state index contributed by atoms with van der Waals surface area (Å²) in [7, 11) is 0. The topological polar surface area (TPSA) is 505 Å². The van der Waals surface area contributed by atoms with Gasteiger partial charge in [0, 0.05) is 62.4 Å². The number of carboxylic acids is 1. The van der Waals surface area contributed by atoms with Crippen molar-refractivity contribution in [3.63, 3.8) is 0 Å². The quantitative estimate of drug-likeness (QED) is 0.00813. The summed E-state index contributed by atoms with van der Waals surface area (Å²) in [6.45, 7) is 25.5. The molecule has 11 rings (SSSR count). The predicted octanol–water partition coefficient (Wildman–Crippen LogP) is 6.52. The first kappa shape index (κ1) is 105. The number of benzene rings is 2. The van der Waals surface area contributed by atoms with Gasteiger partial charge in [0.2, 0.25) is 11.2 Å². The molecule has 2 unspecified atom stereocenters. The van der Waals surface area contributed by atoms with E-state index in [0.717, 1.165) is 53.3 Å². The van der Waals surface area contributed by atoms with Gasteiger partial charge in [0.15, 0.2) is 24.9 Å². The number of anilines is 2. The number of carbonyl (C=O) groups is 3. The number of aliphatic carboxylic acids is 1. The number of aliphatic hydroxyl groups excluding tert-OH is 9. The number of rotatable bonds is 32. The van der Waals surface area contributed by atoms with Crippen LogP contribution in [-0.4, -0.2) is 325 Å². The minimum absolute atomic E-state index is 0. The van der Waals surface area contributed by atoms with E-state index in [1.54, 1.807) is 76.6 Å². The van der Waals surface area contributed by atoms with Crippen LogP contribution in [-0.2, 0) is 38.0 Å². The van der Waals surface area contributed by atoms with Crippen LogP contribution >= 0.6 is 27.5 Å². The second-order valence-corrected chi connectivity index (χ2v) is 52.7. The number of hydrogen-bond donors (Lipinski definition) is 14. The van der Waals surface area contributed by atoms with Gasteiger partial charge >= 0.3 is 18.1 Å². The Bertz CT molecular complexity index is 4940. The number of unbranched alkanes of at least 4 members (excludes halogenated alkanes) is 2. The summed E-state index contributed by atoms with van der Waals surface area (Å²) in [6.07, 6.45) is 18.8. The van der Waals surface area contributed by atoms with Gasteiger partial charge in [0.05, 0.1) is 41.8 Å². The molecule has 2 aromatic carbocycles. The molecule has 1 aliphatic carbocycles. The zero-order chi connectivity index (χ0) is 92.3. The molecule has 698 valence electrons. The molecular formula is C89H138N14O19P4. The lowest BCUT2D eigenvalue weighted by atomic mass is 9.98. The molecule has 4 aromatic rings. The van der Waals surface area contributed by atoms with Crippen LogP contribution in [0.3, 0.4) is 0 Å². The molecule has 0 bridgehead atoms. The molecule has 4 saturated heterocycles. The zero-order valence-corrected chi connectivity index (χ0v) is 77.5. The Morgan fingerprint density at radius 2 is 0.913 bits per heavy atom. The van der Waals surface area contributed by atoms with E-state index in [9.17, 15) is 55.2 Å². The number of ether oxygens (including phenoxy) is 6. The first-order valence-electron chi connectivity index (χ1n) is 42.0. The maximum absolute atomic E-state index is 12.6. The SMILES string of the molecule is C.C=C1N=C(N)C(C#CC)=CN1[C@@H]1O[C@H](CCP(=C)(C)C)[C@@H](O)[C@H]1O.C=C1N=C(N)C(CCO)=CN1[C@@H]1O[C@H](CCP(=C)(C)C)[C@@H](O)[C@H]1O.C=P(C)(C)CC[C@H]1O[C@@H](n2ccc(N)nc2=NCCCCC(C)C(=O)O)[C@H](O)[C@@H]1O.C=P(C)(C)CC[C@H]1O[C@@H](n2ccc(N)nc2=NCCCCC(C)C(=O)OC(=O)OCC2c3ccccc3-c3ccccc32)[C@H](O)[C@@H]1O. The molecule has 126 heavy (non-hydrogen) atoms. The highest BCUT2D eigenvalue weighted by Gasteiger charge is 2.49. The largest absolute Gasteiger partial charge is 0.516 e. The molecule has 0 spiro atoms.